The maximum absolute atomic E-state index is 11.2. The van der Waals surface area contributed by atoms with Crippen molar-refractivity contribution in [2.45, 2.75) is 19.9 Å². The van der Waals surface area contributed by atoms with Gasteiger partial charge in [0.2, 0.25) is 5.91 Å². The number of nitrogens with one attached hydrogen (secondary N) is 1. The molecule has 1 aliphatic rings. The smallest absolute Gasteiger partial charge is 0.324 e. The molecule has 5 nitrogen and oxygen atoms in total. The number of nitrogens with zero attached hydrogens (tertiary/aromatic N) is 1. The van der Waals surface area contributed by atoms with Gasteiger partial charge in [0.15, 0.2) is 0 Å². The van der Waals surface area contributed by atoms with Crippen LogP contribution in [0.4, 0.5) is 4.79 Å². The van der Waals surface area contributed by atoms with Crippen LogP contribution in [0.2, 0.25) is 0 Å². The third-order valence-corrected chi connectivity index (χ3v) is 2.40. The van der Waals surface area contributed by atoms with Crippen LogP contribution in [0.5, 0.6) is 0 Å². The molecule has 0 spiro atoms. The van der Waals surface area contributed by atoms with E-state index in [-0.39, 0.29) is 37.0 Å². The summed E-state index contributed by atoms with van der Waals surface area (Å²) in [7, 11) is 0. The Labute approximate surface area is 76.7 Å². The molecule has 2 unspecified atom stereocenters. The molecular weight excluding hydrogens is 172 g/mol. The van der Waals surface area contributed by atoms with Gasteiger partial charge >= 0.3 is 6.03 Å². The number of urea groups is 1. The Balaban J connectivity index is 2.69. The van der Waals surface area contributed by atoms with Crippen molar-refractivity contribution in [1.29, 1.82) is 0 Å². The molecule has 1 heterocycles. The van der Waals surface area contributed by atoms with Gasteiger partial charge in [0.05, 0.1) is 6.54 Å². The van der Waals surface area contributed by atoms with Crippen LogP contribution in [0.15, 0.2) is 0 Å². The minimum absolute atomic E-state index is 0.0295. The van der Waals surface area contributed by atoms with Crippen LogP contribution in [-0.2, 0) is 4.79 Å². The summed E-state index contributed by atoms with van der Waals surface area (Å²) in [4.78, 5) is 23.5. The molecule has 1 saturated heterocycles. The molecule has 3 amide bonds. The fraction of sp³-hybridized carbons (Fsp3) is 0.750. The maximum Gasteiger partial charge on any atom is 0.324 e. The van der Waals surface area contributed by atoms with Crippen molar-refractivity contribution < 1.29 is 14.7 Å². The van der Waals surface area contributed by atoms with E-state index in [1.54, 1.807) is 13.8 Å². The molecule has 0 radical (unpaired) electrons. The van der Waals surface area contributed by atoms with Gasteiger partial charge in [-0.15, -0.1) is 0 Å². The summed E-state index contributed by atoms with van der Waals surface area (Å²) in [6, 6.07) is -0.613. The minimum Gasteiger partial charge on any atom is -0.396 e. The van der Waals surface area contributed by atoms with Crippen molar-refractivity contribution in [3.63, 3.8) is 0 Å². The number of aliphatic hydroxyl groups excluding tert-OH is 1. The summed E-state index contributed by atoms with van der Waals surface area (Å²) >= 11 is 0. The molecule has 2 atom stereocenters. The fourth-order valence-electron chi connectivity index (χ4n) is 1.25. The van der Waals surface area contributed by atoms with E-state index < -0.39 is 0 Å². The third-order valence-electron chi connectivity index (χ3n) is 2.40. The molecular formula is C8H14N2O3. The second kappa shape index (κ2) is 3.74. The average molecular weight is 186 g/mol. The van der Waals surface area contributed by atoms with Crippen LogP contribution < -0.4 is 5.32 Å². The number of carbonyl (C=O) groups is 2. The zero-order valence-electron chi connectivity index (χ0n) is 7.78. The molecule has 2 N–H and O–H groups in total. The topological polar surface area (TPSA) is 69.6 Å². The summed E-state index contributed by atoms with van der Waals surface area (Å²) in [6.45, 7) is 3.59. The Bertz CT molecular complexity index is 213. The van der Waals surface area contributed by atoms with Gasteiger partial charge in [0, 0.05) is 12.6 Å². The van der Waals surface area contributed by atoms with Crippen LogP contribution >= 0.6 is 0 Å². The molecule has 1 aliphatic heterocycles. The summed E-state index contributed by atoms with van der Waals surface area (Å²) < 4.78 is 0. The Kier molecular flexibility index (Phi) is 2.87. The predicted octanol–water partition coefficient (Wildman–Crippen LogP) is -0.445. The highest BCUT2D eigenvalue weighted by Gasteiger charge is 2.34. The van der Waals surface area contributed by atoms with Crippen molar-refractivity contribution in [2.24, 2.45) is 5.92 Å². The number of amides is 3. The second-order valence-corrected chi connectivity index (χ2v) is 3.32. The number of rotatable bonds is 3. The van der Waals surface area contributed by atoms with Crippen LogP contribution in [0, 0.1) is 5.92 Å². The lowest BCUT2D eigenvalue weighted by Gasteiger charge is -2.25. The lowest BCUT2D eigenvalue weighted by atomic mass is 10.0. The van der Waals surface area contributed by atoms with Gasteiger partial charge < -0.3 is 10.4 Å². The highest BCUT2D eigenvalue weighted by molar-refractivity contribution is 6.02. The average Bonchev–Trinajstić information content (AvgIpc) is 2.44. The van der Waals surface area contributed by atoms with Crippen LogP contribution in [0.25, 0.3) is 0 Å². The van der Waals surface area contributed by atoms with E-state index in [0.29, 0.717) is 0 Å². The summed E-state index contributed by atoms with van der Waals surface area (Å²) in [5.74, 6) is -0.314. The molecule has 1 rings (SSSR count). The first kappa shape index (κ1) is 9.98. The van der Waals surface area contributed by atoms with E-state index >= 15 is 0 Å². The van der Waals surface area contributed by atoms with Crippen LogP contribution in [-0.4, -0.2) is 41.1 Å². The van der Waals surface area contributed by atoms with Crippen LogP contribution in [0.1, 0.15) is 13.8 Å². The lowest BCUT2D eigenvalue weighted by Crippen LogP contribution is -2.43. The summed E-state index contributed by atoms with van der Waals surface area (Å²) in [6.07, 6.45) is 0. The van der Waals surface area contributed by atoms with Crippen molar-refractivity contribution in [1.82, 2.24) is 10.2 Å². The largest absolute Gasteiger partial charge is 0.396 e. The van der Waals surface area contributed by atoms with Gasteiger partial charge in [-0.3, -0.25) is 9.69 Å². The zero-order chi connectivity index (χ0) is 10.0. The fourth-order valence-corrected chi connectivity index (χ4v) is 1.25. The monoisotopic (exact) mass is 186 g/mol. The van der Waals surface area contributed by atoms with Crippen molar-refractivity contribution in [3.05, 3.63) is 0 Å². The van der Waals surface area contributed by atoms with Gasteiger partial charge in [0.1, 0.15) is 0 Å². The normalized spacial score (nSPS) is 21.6. The van der Waals surface area contributed by atoms with Gasteiger partial charge in [0.25, 0.3) is 0 Å². The highest BCUT2D eigenvalue weighted by Crippen LogP contribution is 2.13. The van der Waals surface area contributed by atoms with Gasteiger partial charge in [-0.05, 0) is 12.8 Å². The van der Waals surface area contributed by atoms with Crippen molar-refractivity contribution in [2.75, 3.05) is 13.2 Å². The lowest BCUT2D eigenvalue weighted by molar-refractivity contribution is -0.127. The number of carbonyl (C=O) groups excluding carboxylic acids is 2. The summed E-state index contributed by atoms with van der Waals surface area (Å²) in [5.41, 5.74) is 0. The molecule has 0 aromatic rings. The first-order valence-electron chi connectivity index (χ1n) is 4.28. The van der Waals surface area contributed by atoms with Gasteiger partial charge in [-0.25, -0.2) is 4.79 Å². The number of imide groups is 1. The maximum atomic E-state index is 11.2. The highest BCUT2D eigenvalue weighted by atomic mass is 16.3. The standard InChI is InChI=1S/C8H14N2O3/c1-5(4-11)6(2)10-7(12)3-9-8(10)13/h5-6,11H,3-4H2,1-2H3,(H,9,13). The van der Waals surface area contributed by atoms with Crippen LogP contribution in [0.3, 0.4) is 0 Å². The Morgan fingerprint density at radius 3 is 2.54 bits per heavy atom. The molecule has 0 bridgehead atoms. The molecule has 0 aliphatic carbocycles. The predicted molar refractivity (Wildman–Crippen MR) is 46.0 cm³/mol. The minimum atomic E-state index is -0.363. The second-order valence-electron chi connectivity index (χ2n) is 3.32. The van der Waals surface area contributed by atoms with Crippen molar-refractivity contribution >= 4 is 11.9 Å². The number of hydrogen-bond donors (Lipinski definition) is 2. The number of aliphatic hydroxyl groups is 1. The molecule has 0 aromatic heterocycles. The molecule has 1 fully saturated rings. The first-order valence-corrected chi connectivity index (χ1v) is 4.28. The Morgan fingerprint density at radius 1 is 1.54 bits per heavy atom. The van der Waals surface area contributed by atoms with E-state index in [4.69, 9.17) is 5.11 Å². The van der Waals surface area contributed by atoms with Crippen molar-refractivity contribution in [3.8, 4) is 0 Å². The summed E-state index contributed by atoms with van der Waals surface area (Å²) in [5, 5.41) is 11.3. The van der Waals surface area contributed by atoms with E-state index in [0.717, 1.165) is 0 Å². The van der Waals surface area contributed by atoms with E-state index in [2.05, 4.69) is 5.32 Å². The van der Waals surface area contributed by atoms with E-state index in [1.807, 2.05) is 0 Å². The van der Waals surface area contributed by atoms with E-state index in [9.17, 15) is 9.59 Å². The zero-order valence-corrected chi connectivity index (χ0v) is 7.78. The molecule has 13 heavy (non-hydrogen) atoms. The Morgan fingerprint density at radius 2 is 2.15 bits per heavy atom. The Hall–Kier alpha value is -1.10. The molecule has 0 aromatic carbocycles. The van der Waals surface area contributed by atoms with Gasteiger partial charge in [-0.2, -0.15) is 0 Å². The van der Waals surface area contributed by atoms with E-state index in [1.165, 1.54) is 4.90 Å². The molecule has 5 heteroatoms. The SMILES string of the molecule is CC(CO)C(C)N1C(=O)CNC1=O. The third kappa shape index (κ3) is 1.80. The molecule has 74 valence electrons. The van der Waals surface area contributed by atoms with Gasteiger partial charge in [-0.1, -0.05) is 6.92 Å². The quantitative estimate of drug-likeness (QED) is 0.587. The first-order chi connectivity index (χ1) is 6.07. The molecule has 0 saturated carbocycles. The number of hydrogen-bond acceptors (Lipinski definition) is 3.